The Kier molecular flexibility index (Phi) is 4.98. The summed E-state index contributed by atoms with van der Waals surface area (Å²) in [6.45, 7) is 5.05. The zero-order valence-corrected chi connectivity index (χ0v) is 20.8. The predicted molar refractivity (Wildman–Crippen MR) is 122 cm³/mol. The molecule has 0 bridgehead atoms. The maximum absolute atomic E-state index is 13.6. The minimum Gasteiger partial charge on any atom is -0.463 e. The number of amides is 4. The fraction of sp³-hybridized carbons (Fsp3) is 0.583. The van der Waals surface area contributed by atoms with Crippen molar-refractivity contribution in [3.05, 3.63) is 35.3 Å². The van der Waals surface area contributed by atoms with Gasteiger partial charge < -0.3 is 9.52 Å². The van der Waals surface area contributed by atoms with Crippen LogP contribution in [0.4, 0.5) is 0 Å². The quantitative estimate of drug-likeness (QED) is 0.373. The van der Waals surface area contributed by atoms with E-state index in [0.717, 1.165) is 4.90 Å². The maximum Gasteiger partial charge on any atom is 0.253 e. The molecule has 0 radical (unpaired) electrons. The topological polar surface area (TPSA) is 108 Å². The molecule has 1 aromatic heterocycles. The molecule has 1 N–H and O–H groups in total. The van der Waals surface area contributed by atoms with Gasteiger partial charge in [0, 0.05) is 12.6 Å². The van der Waals surface area contributed by atoms with Gasteiger partial charge in [-0.25, -0.2) is 0 Å². The molecule has 182 valence electrons. The van der Waals surface area contributed by atoms with Crippen molar-refractivity contribution in [3.8, 4) is 0 Å². The van der Waals surface area contributed by atoms with Crippen LogP contribution in [-0.2, 0) is 25.8 Å². The lowest BCUT2D eigenvalue weighted by molar-refractivity contribution is -0.146. The van der Waals surface area contributed by atoms with Crippen molar-refractivity contribution >= 4 is 46.8 Å². The van der Waals surface area contributed by atoms with Crippen molar-refractivity contribution < 1.29 is 28.7 Å². The fourth-order valence-electron chi connectivity index (χ4n) is 6.35. The molecular weight excluding hydrogens is 483 g/mol. The third-order valence-corrected chi connectivity index (χ3v) is 9.22. The van der Waals surface area contributed by atoms with Gasteiger partial charge in [-0.3, -0.25) is 29.0 Å². The number of furan rings is 1. The van der Waals surface area contributed by atoms with Crippen LogP contribution in [0.15, 0.2) is 28.2 Å². The number of hydrogen-bond acceptors (Lipinski definition) is 6. The molecule has 4 amide bonds. The lowest BCUT2D eigenvalue weighted by Gasteiger charge is -2.49. The lowest BCUT2D eigenvalue weighted by atomic mass is 9.57. The summed E-state index contributed by atoms with van der Waals surface area (Å²) in [5.41, 5.74) is -0.0369. The van der Waals surface area contributed by atoms with E-state index in [9.17, 15) is 24.3 Å². The van der Waals surface area contributed by atoms with E-state index in [4.69, 9.17) is 27.6 Å². The fourth-order valence-corrected chi connectivity index (χ4v) is 7.35. The highest BCUT2D eigenvalue weighted by atomic mass is 35.5. The summed E-state index contributed by atoms with van der Waals surface area (Å²) in [4.78, 5) is 52.1. The highest BCUT2D eigenvalue weighted by Crippen LogP contribution is 2.65. The molecule has 34 heavy (non-hydrogen) atoms. The first-order valence-electron chi connectivity index (χ1n) is 11.3. The summed E-state index contributed by atoms with van der Waals surface area (Å²) < 4.78 is 5.81. The SMILES string of the molecule is CN1C(=O)C2(Cl)CC3C(=CCC4C(=O)N(C(C)(C)C)C(=O)C43)C(c3ccc(CO)o3)C2(Cl)C1=O. The monoisotopic (exact) mass is 508 g/mol. The molecule has 5 rings (SSSR count). The number of carbonyl (C=O) groups excluding carboxylic acids is 4. The minimum absolute atomic E-state index is 0.0545. The van der Waals surface area contributed by atoms with E-state index in [1.807, 2.05) is 6.08 Å². The molecular formula is C24H26Cl2N2O6. The van der Waals surface area contributed by atoms with Crippen LogP contribution in [0.25, 0.3) is 0 Å². The van der Waals surface area contributed by atoms with Gasteiger partial charge in [-0.15, -0.1) is 23.2 Å². The molecule has 3 fully saturated rings. The Balaban J connectivity index is 1.70. The second-order valence-corrected chi connectivity index (χ2v) is 11.9. The molecule has 10 heteroatoms. The van der Waals surface area contributed by atoms with Crippen molar-refractivity contribution in [1.29, 1.82) is 0 Å². The third kappa shape index (κ3) is 2.70. The second kappa shape index (κ2) is 7.18. The standard InChI is InChI=1S/C24H26Cl2N2O6/c1-22(2,3)28-18(30)13-7-6-12-14(16(13)19(28)31)9-23(25)20(32)27(4)21(33)24(23,26)17(12)15-8-5-11(10-29)34-15/h5-6,8,13-14,16-17,29H,7,9-10H2,1-4H3. The van der Waals surface area contributed by atoms with Gasteiger partial charge in [0.1, 0.15) is 18.1 Å². The average Bonchev–Trinajstić information content (AvgIpc) is 3.37. The smallest absolute Gasteiger partial charge is 0.253 e. The molecule has 8 nitrogen and oxygen atoms in total. The lowest BCUT2D eigenvalue weighted by Crippen LogP contribution is -2.60. The van der Waals surface area contributed by atoms with Gasteiger partial charge in [0.15, 0.2) is 9.75 Å². The molecule has 0 spiro atoms. The molecule has 1 saturated carbocycles. The normalized spacial score (nSPS) is 37.7. The van der Waals surface area contributed by atoms with Gasteiger partial charge in [-0.2, -0.15) is 0 Å². The van der Waals surface area contributed by atoms with Crippen LogP contribution < -0.4 is 0 Å². The number of carbonyl (C=O) groups is 4. The molecule has 0 aromatic carbocycles. The number of halogens is 2. The number of hydrogen-bond donors (Lipinski definition) is 1. The molecule has 3 heterocycles. The highest BCUT2D eigenvalue weighted by molar-refractivity contribution is 6.53. The van der Waals surface area contributed by atoms with E-state index < -0.39 is 50.8 Å². The number of imide groups is 2. The van der Waals surface area contributed by atoms with Gasteiger partial charge in [0.05, 0.1) is 17.8 Å². The van der Waals surface area contributed by atoms with Crippen molar-refractivity contribution in [2.45, 2.75) is 61.4 Å². The number of rotatable bonds is 2. The van der Waals surface area contributed by atoms with Crippen LogP contribution in [0.2, 0.25) is 0 Å². The highest BCUT2D eigenvalue weighted by Gasteiger charge is 2.76. The minimum atomic E-state index is -1.88. The van der Waals surface area contributed by atoms with Crippen LogP contribution in [-0.4, -0.2) is 60.9 Å². The number of fused-ring (bicyclic) bond motifs is 4. The van der Waals surface area contributed by atoms with Gasteiger partial charge in [-0.05, 0) is 51.7 Å². The summed E-state index contributed by atoms with van der Waals surface area (Å²) in [6, 6.07) is 3.17. The van der Waals surface area contributed by atoms with Gasteiger partial charge >= 0.3 is 0 Å². The first kappa shape index (κ1) is 23.6. The predicted octanol–water partition coefficient (Wildman–Crippen LogP) is 2.56. The zero-order valence-electron chi connectivity index (χ0n) is 19.3. The van der Waals surface area contributed by atoms with E-state index in [1.165, 1.54) is 11.9 Å². The average molecular weight is 509 g/mol. The van der Waals surface area contributed by atoms with Crippen LogP contribution in [0, 0.1) is 17.8 Å². The van der Waals surface area contributed by atoms with Gasteiger partial charge in [-0.1, -0.05) is 11.6 Å². The first-order chi connectivity index (χ1) is 15.8. The van der Waals surface area contributed by atoms with Crippen LogP contribution in [0.5, 0.6) is 0 Å². The summed E-state index contributed by atoms with van der Waals surface area (Å²) >= 11 is 14.1. The Morgan fingerprint density at radius 3 is 2.35 bits per heavy atom. The molecule has 6 atom stereocenters. The van der Waals surface area contributed by atoms with E-state index in [2.05, 4.69) is 0 Å². The van der Waals surface area contributed by atoms with E-state index in [0.29, 0.717) is 12.0 Å². The zero-order chi connectivity index (χ0) is 25.0. The number of aliphatic hydroxyl groups excluding tert-OH is 1. The second-order valence-electron chi connectivity index (χ2n) is 10.6. The molecule has 2 saturated heterocycles. The number of likely N-dealkylation sites (tertiary alicyclic amines) is 2. The van der Waals surface area contributed by atoms with Crippen molar-refractivity contribution in [2.75, 3.05) is 7.05 Å². The molecule has 2 aliphatic carbocycles. The Morgan fingerprint density at radius 1 is 1.09 bits per heavy atom. The Labute approximate surface area is 206 Å². The number of allylic oxidation sites excluding steroid dienone is 2. The number of nitrogens with zero attached hydrogens (tertiary/aromatic N) is 2. The summed E-state index contributed by atoms with van der Waals surface area (Å²) in [5.74, 6) is -4.10. The van der Waals surface area contributed by atoms with Crippen LogP contribution >= 0.6 is 23.2 Å². The largest absolute Gasteiger partial charge is 0.463 e. The van der Waals surface area contributed by atoms with Crippen LogP contribution in [0.3, 0.4) is 0 Å². The Bertz CT molecular complexity index is 1170. The van der Waals surface area contributed by atoms with Crippen molar-refractivity contribution in [2.24, 2.45) is 17.8 Å². The van der Waals surface area contributed by atoms with E-state index in [1.54, 1.807) is 32.9 Å². The molecule has 1 aromatic rings. The number of aliphatic hydroxyl groups is 1. The van der Waals surface area contributed by atoms with Crippen molar-refractivity contribution in [3.63, 3.8) is 0 Å². The maximum atomic E-state index is 13.6. The summed E-state index contributed by atoms with van der Waals surface area (Å²) in [7, 11) is 1.34. The first-order valence-corrected chi connectivity index (χ1v) is 12.0. The third-order valence-electron chi connectivity index (χ3n) is 7.81. The molecule has 2 aliphatic heterocycles. The van der Waals surface area contributed by atoms with Gasteiger partial charge in [0.2, 0.25) is 11.8 Å². The van der Waals surface area contributed by atoms with Gasteiger partial charge in [0.25, 0.3) is 11.8 Å². The van der Waals surface area contributed by atoms with Crippen molar-refractivity contribution in [1.82, 2.24) is 9.80 Å². The van der Waals surface area contributed by atoms with Crippen LogP contribution in [0.1, 0.15) is 51.1 Å². The molecule has 4 aliphatic rings. The summed E-state index contributed by atoms with van der Waals surface area (Å²) in [6.07, 6.45) is 2.10. The van der Waals surface area contributed by atoms with E-state index in [-0.39, 0.29) is 36.4 Å². The molecule has 6 unspecified atom stereocenters. The number of alkyl halides is 2. The summed E-state index contributed by atoms with van der Waals surface area (Å²) in [5, 5.41) is 9.53. The Morgan fingerprint density at radius 2 is 1.76 bits per heavy atom. The van der Waals surface area contributed by atoms with E-state index >= 15 is 0 Å². The Hall–Kier alpha value is -2.16.